The van der Waals surface area contributed by atoms with E-state index in [-0.39, 0.29) is 0 Å². The number of rotatable bonds is 5. The number of anilines is 6. The fraction of sp³-hybridized carbons (Fsp3) is 0. The molecule has 0 saturated heterocycles. The zero-order valence-electron chi connectivity index (χ0n) is 29.4. The maximum atomic E-state index is 2.46. The van der Waals surface area contributed by atoms with Gasteiger partial charge in [-0.25, -0.2) is 0 Å². The lowest BCUT2D eigenvalue weighted by atomic mass is 10.0. The molecule has 8 aromatic carbocycles. The van der Waals surface area contributed by atoms with Crippen LogP contribution < -0.4 is 9.80 Å². The Hall–Kier alpha value is -7.30. The van der Waals surface area contributed by atoms with E-state index in [1.807, 2.05) is 0 Å². The van der Waals surface area contributed by atoms with Gasteiger partial charge in [-0.2, -0.15) is 0 Å². The van der Waals surface area contributed by atoms with Gasteiger partial charge in [0.1, 0.15) is 0 Å². The van der Waals surface area contributed by atoms with E-state index < -0.39 is 0 Å². The molecule has 11 rings (SSSR count). The third-order valence-electron chi connectivity index (χ3n) is 10.8. The summed E-state index contributed by atoms with van der Waals surface area (Å²) in [5, 5.41) is 3.70. The molecule has 4 heteroatoms. The second-order valence-corrected chi connectivity index (χ2v) is 13.8. The van der Waals surface area contributed by atoms with Gasteiger partial charge in [0.2, 0.25) is 0 Å². The molecule has 0 bridgehead atoms. The monoisotopic (exact) mass is 690 g/mol. The standard InChI is InChI=1S/C50H34N4/c1-3-14-35(15-4-1)36-26-28-37(29-27-36)51-33-32-43-44(51)31-30-42-41-20-7-8-21-45(41)54(50(42)43)40-19-13-18-39(34-40)53-48-24-11-9-22-46(48)52(38-16-5-2-6-17-38)47-23-10-12-25-49(47)53/h1-34H. The maximum absolute atomic E-state index is 2.46. The van der Waals surface area contributed by atoms with Gasteiger partial charge < -0.3 is 18.9 Å². The molecule has 0 unspecified atom stereocenters. The van der Waals surface area contributed by atoms with Crippen molar-refractivity contribution in [1.29, 1.82) is 0 Å². The van der Waals surface area contributed by atoms with Crippen molar-refractivity contribution < 1.29 is 0 Å². The predicted molar refractivity (Wildman–Crippen MR) is 226 cm³/mol. The van der Waals surface area contributed by atoms with Gasteiger partial charge in [-0.05, 0) is 96.1 Å². The molecular weight excluding hydrogens is 657 g/mol. The van der Waals surface area contributed by atoms with Crippen LogP contribution in [0, 0.1) is 0 Å². The second-order valence-electron chi connectivity index (χ2n) is 13.8. The van der Waals surface area contributed by atoms with Crippen LogP contribution in [0.15, 0.2) is 206 Å². The van der Waals surface area contributed by atoms with E-state index in [4.69, 9.17) is 0 Å². The highest BCUT2D eigenvalue weighted by atomic mass is 15.3. The Labute approximate surface area is 313 Å². The first-order valence-corrected chi connectivity index (χ1v) is 18.4. The molecule has 4 nitrogen and oxygen atoms in total. The lowest BCUT2D eigenvalue weighted by Crippen LogP contribution is -2.23. The third-order valence-corrected chi connectivity index (χ3v) is 10.8. The van der Waals surface area contributed by atoms with E-state index in [1.165, 1.54) is 43.8 Å². The van der Waals surface area contributed by atoms with Gasteiger partial charge in [0.25, 0.3) is 0 Å². The first-order chi connectivity index (χ1) is 26.8. The van der Waals surface area contributed by atoms with Crippen LogP contribution in [-0.2, 0) is 0 Å². The Balaban J connectivity index is 1.08. The van der Waals surface area contributed by atoms with E-state index in [2.05, 4.69) is 225 Å². The van der Waals surface area contributed by atoms with E-state index in [0.29, 0.717) is 0 Å². The van der Waals surface area contributed by atoms with Crippen molar-refractivity contribution in [2.24, 2.45) is 0 Å². The van der Waals surface area contributed by atoms with Crippen molar-refractivity contribution in [1.82, 2.24) is 9.13 Å². The number of nitrogens with zero attached hydrogens (tertiary/aromatic N) is 4. The van der Waals surface area contributed by atoms with E-state index in [0.717, 1.165) is 45.5 Å². The van der Waals surface area contributed by atoms with E-state index in [1.54, 1.807) is 0 Å². The minimum atomic E-state index is 1.11. The van der Waals surface area contributed by atoms with Gasteiger partial charge in [0.05, 0.1) is 39.3 Å². The average Bonchev–Trinajstić information content (AvgIpc) is 3.83. The Morgan fingerprint density at radius 1 is 0.296 bits per heavy atom. The van der Waals surface area contributed by atoms with Crippen LogP contribution >= 0.6 is 0 Å². The smallest absolute Gasteiger partial charge is 0.0703 e. The minimum absolute atomic E-state index is 1.11. The van der Waals surface area contributed by atoms with Gasteiger partial charge >= 0.3 is 0 Å². The summed E-state index contributed by atoms with van der Waals surface area (Å²) in [6.07, 6.45) is 2.21. The van der Waals surface area contributed by atoms with Gasteiger partial charge in [-0.1, -0.05) is 115 Å². The second kappa shape index (κ2) is 12.1. The topological polar surface area (TPSA) is 16.3 Å². The van der Waals surface area contributed by atoms with Crippen LogP contribution in [0.25, 0.3) is 55.2 Å². The summed E-state index contributed by atoms with van der Waals surface area (Å²) in [7, 11) is 0. The minimum Gasteiger partial charge on any atom is -0.316 e. The molecule has 0 fully saturated rings. The molecule has 0 N–H and O–H groups in total. The number of aromatic nitrogens is 2. The van der Waals surface area contributed by atoms with Gasteiger partial charge in [-0.3, -0.25) is 0 Å². The van der Waals surface area contributed by atoms with Crippen molar-refractivity contribution >= 4 is 66.8 Å². The average molecular weight is 691 g/mol. The molecule has 0 spiro atoms. The maximum Gasteiger partial charge on any atom is 0.0703 e. The van der Waals surface area contributed by atoms with Crippen LogP contribution in [0.2, 0.25) is 0 Å². The normalized spacial score (nSPS) is 12.4. The molecule has 2 aromatic heterocycles. The summed E-state index contributed by atoms with van der Waals surface area (Å²) in [5.41, 5.74) is 15.1. The molecular formula is C50H34N4. The molecule has 254 valence electrons. The zero-order chi connectivity index (χ0) is 35.6. The predicted octanol–water partition coefficient (Wildman–Crippen LogP) is 13.6. The van der Waals surface area contributed by atoms with Gasteiger partial charge in [0, 0.05) is 45.1 Å². The molecule has 3 heterocycles. The fourth-order valence-corrected chi connectivity index (χ4v) is 8.46. The highest BCUT2D eigenvalue weighted by Gasteiger charge is 2.30. The van der Waals surface area contributed by atoms with Crippen molar-refractivity contribution in [3.63, 3.8) is 0 Å². The number of fused-ring (bicyclic) bond motifs is 7. The van der Waals surface area contributed by atoms with E-state index in [9.17, 15) is 0 Å². The number of hydrogen-bond acceptors (Lipinski definition) is 2. The summed E-state index contributed by atoms with van der Waals surface area (Å²) in [6, 6.07) is 72.1. The van der Waals surface area contributed by atoms with Crippen LogP contribution in [0.1, 0.15) is 0 Å². The molecule has 0 radical (unpaired) electrons. The third kappa shape index (κ3) is 4.64. The van der Waals surface area contributed by atoms with Crippen molar-refractivity contribution in [3.8, 4) is 22.5 Å². The summed E-state index contributed by atoms with van der Waals surface area (Å²) in [6.45, 7) is 0. The quantitative estimate of drug-likeness (QED) is 0.179. The van der Waals surface area contributed by atoms with E-state index >= 15 is 0 Å². The van der Waals surface area contributed by atoms with Crippen LogP contribution in [0.3, 0.4) is 0 Å². The highest BCUT2D eigenvalue weighted by Crippen LogP contribution is 2.54. The summed E-state index contributed by atoms with van der Waals surface area (Å²) in [5.74, 6) is 0. The number of para-hydroxylation sites is 6. The largest absolute Gasteiger partial charge is 0.316 e. The molecule has 0 atom stereocenters. The summed E-state index contributed by atoms with van der Waals surface area (Å²) >= 11 is 0. The first kappa shape index (κ1) is 30.3. The Morgan fingerprint density at radius 3 is 1.56 bits per heavy atom. The molecule has 1 aliphatic heterocycles. The molecule has 10 aromatic rings. The lowest BCUT2D eigenvalue weighted by molar-refractivity contribution is 1.13. The summed E-state index contributed by atoms with van der Waals surface area (Å²) < 4.78 is 4.76. The van der Waals surface area contributed by atoms with Crippen molar-refractivity contribution in [2.75, 3.05) is 9.80 Å². The van der Waals surface area contributed by atoms with Gasteiger partial charge in [-0.15, -0.1) is 0 Å². The first-order valence-electron chi connectivity index (χ1n) is 18.4. The van der Waals surface area contributed by atoms with Gasteiger partial charge in [0.15, 0.2) is 0 Å². The molecule has 0 aliphatic carbocycles. The summed E-state index contributed by atoms with van der Waals surface area (Å²) in [4.78, 5) is 4.78. The Morgan fingerprint density at radius 2 is 0.852 bits per heavy atom. The van der Waals surface area contributed by atoms with Crippen LogP contribution in [0.5, 0.6) is 0 Å². The van der Waals surface area contributed by atoms with Crippen molar-refractivity contribution in [2.45, 2.75) is 0 Å². The molecule has 1 aliphatic rings. The zero-order valence-corrected chi connectivity index (χ0v) is 29.4. The Bertz CT molecular complexity index is 2950. The van der Waals surface area contributed by atoms with Crippen molar-refractivity contribution in [3.05, 3.63) is 206 Å². The molecule has 54 heavy (non-hydrogen) atoms. The Kier molecular flexibility index (Phi) is 6.82. The SMILES string of the molecule is c1ccc(-c2ccc(-n3ccc4c3ccc3c5ccccc5n(-c5cccc(N6c7ccccc7N(c7ccccc7)c7ccccc76)c5)c34)cc2)cc1. The number of benzene rings is 8. The number of hydrogen-bond donors (Lipinski definition) is 0. The molecule has 0 amide bonds. The lowest BCUT2D eigenvalue weighted by Gasteiger charge is -2.40. The fourth-order valence-electron chi connectivity index (χ4n) is 8.46. The highest BCUT2D eigenvalue weighted by molar-refractivity contribution is 6.18. The van der Waals surface area contributed by atoms with Crippen LogP contribution in [0.4, 0.5) is 34.1 Å². The molecule has 0 saturated carbocycles. The van der Waals surface area contributed by atoms with Crippen LogP contribution in [-0.4, -0.2) is 9.13 Å².